The molecule has 158 valence electrons. The number of halogens is 1. The Morgan fingerprint density at radius 2 is 1.81 bits per heavy atom. The highest BCUT2D eigenvalue weighted by atomic mass is 79.9. The number of anilines is 1. The molecular formula is C22H18BrN3O3S2. The van der Waals surface area contributed by atoms with Crippen LogP contribution in [0.15, 0.2) is 87.2 Å². The predicted molar refractivity (Wildman–Crippen MR) is 127 cm³/mol. The lowest BCUT2D eigenvalue weighted by atomic mass is 10.2. The summed E-state index contributed by atoms with van der Waals surface area (Å²) in [4.78, 5) is 17.9. The number of carbonyl (C=O) groups is 1. The molecule has 6 nitrogen and oxygen atoms in total. The zero-order chi connectivity index (χ0) is 22.0. The number of para-hydroxylation sites is 1. The van der Waals surface area contributed by atoms with Crippen LogP contribution in [-0.2, 0) is 16.6 Å². The van der Waals surface area contributed by atoms with Gasteiger partial charge >= 0.3 is 0 Å². The van der Waals surface area contributed by atoms with Gasteiger partial charge in [-0.1, -0.05) is 41.7 Å². The molecule has 0 unspecified atom stereocenters. The highest BCUT2D eigenvalue weighted by Gasteiger charge is 2.15. The van der Waals surface area contributed by atoms with E-state index in [2.05, 4.69) is 25.6 Å². The number of thiazole rings is 1. The van der Waals surface area contributed by atoms with Crippen LogP contribution in [0.1, 0.15) is 17.3 Å². The van der Waals surface area contributed by atoms with Crippen LogP contribution in [0.3, 0.4) is 0 Å². The number of aromatic nitrogens is 1. The fourth-order valence-corrected chi connectivity index (χ4v) is 6.05. The third kappa shape index (κ3) is 4.48. The molecule has 0 radical (unpaired) electrons. The van der Waals surface area contributed by atoms with Gasteiger partial charge in [-0.05, 0) is 65.3 Å². The van der Waals surface area contributed by atoms with Crippen molar-refractivity contribution in [1.29, 1.82) is 0 Å². The van der Waals surface area contributed by atoms with Crippen LogP contribution in [0, 0.1) is 0 Å². The maximum absolute atomic E-state index is 12.9. The van der Waals surface area contributed by atoms with Crippen LogP contribution in [0.25, 0.3) is 10.2 Å². The summed E-state index contributed by atoms with van der Waals surface area (Å²) in [5.41, 5.74) is 1.59. The molecule has 0 fully saturated rings. The molecule has 0 aliphatic carbocycles. The first kappa shape index (κ1) is 21.5. The lowest BCUT2D eigenvalue weighted by Gasteiger charge is -2.08. The topological polar surface area (TPSA) is 80.5 Å². The number of aryl methyl sites for hydroxylation is 1. The molecule has 0 saturated carbocycles. The maximum atomic E-state index is 12.9. The Labute approximate surface area is 192 Å². The van der Waals surface area contributed by atoms with Crippen molar-refractivity contribution < 1.29 is 13.2 Å². The van der Waals surface area contributed by atoms with Gasteiger partial charge in [0.2, 0.25) is 0 Å². The van der Waals surface area contributed by atoms with Gasteiger partial charge in [-0.2, -0.15) is 4.99 Å². The van der Waals surface area contributed by atoms with E-state index in [1.807, 2.05) is 29.7 Å². The lowest BCUT2D eigenvalue weighted by Crippen LogP contribution is -2.16. The van der Waals surface area contributed by atoms with Crippen LogP contribution in [0.5, 0.6) is 0 Å². The summed E-state index contributed by atoms with van der Waals surface area (Å²) in [6.45, 7) is 2.65. The molecule has 31 heavy (non-hydrogen) atoms. The monoisotopic (exact) mass is 515 g/mol. The molecule has 0 saturated heterocycles. The fraction of sp³-hybridized carbons (Fsp3) is 0.0909. The predicted octanol–water partition coefficient (Wildman–Crippen LogP) is 5.03. The van der Waals surface area contributed by atoms with Gasteiger partial charge in [-0.25, -0.2) is 8.42 Å². The molecule has 1 amide bonds. The summed E-state index contributed by atoms with van der Waals surface area (Å²) < 4.78 is 31.6. The number of carbonyl (C=O) groups excluding carboxylic acids is 1. The second kappa shape index (κ2) is 8.78. The Hall–Kier alpha value is -2.75. The zero-order valence-electron chi connectivity index (χ0n) is 16.4. The number of nitrogens with zero attached hydrogens (tertiary/aromatic N) is 2. The Bertz CT molecular complexity index is 1440. The van der Waals surface area contributed by atoms with Crippen LogP contribution in [0.2, 0.25) is 0 Å². The van der Waals surface area contributed by atoms with Gasteiger partial charge in [-0.3, -0.25) is 9.52 Å². The van der Waals surface area contributed by atoms with E-state index in [0.29, 0.717) is 22.6 Å². The smallest absolute Gasteiger partial charge is 0.279 e. The number of rotatable bonds is 5. The van der Waals surface area contributed by atoms with Gasteiger partial charge in [0.25, 0.3) is 15.9 Å². The highest BCUT2D eigenvalue weighted by molar-refractivity contribution is 9.10. The van der Waals surface area contributed by atoms with E-state index in [1.165, 1.54) is 29.5 Å². The fourth-order valence-electron chi connectivity index (χ4n) is 3.15. The first-order chi connectivity index (χ1) is 14.9. The van der Waals surface area contributed by atoms with Crippen molar-refractivity contribution >= 4 is 59.1 Å². The molecule has 1 heterocycles. The van der Waals surface area contributed by atoms with Crippen molar-refractivity contribution in [3.8, 4) is 0 Å². The lowest BCUT2D eigenvalue weighted by molar-refractivity contribution is 0.0998. The highest BCUT2D eigenvalue weighted by Crippen LogP contribution is 2.26. The number of nitrogens with one attached hydrogen (secondary N) is 1. The SMILES string of the molecule is CCn1c(=NC(=O)c2cccc(NS(=O)(=O)c3ccccc3)c2)sc2cccc(Br)c21. The molecule has 0 bridgehead atoms. The molecule has 9 heteroatoms. The molecule has 3 aromatic carbocycles. The summed E-state index contributed by atoms with van der Waals surface area (Å²) in [6.07, 6.45) is 0. The van der Waals surface area contributed by atoms with Crippen LogP contribution >= 0.6 is 27.3 Å². The van der Waals surface area contributed by atoms with Crippen LogP contribution in [-0.4, -0.2) is 18.9 Å². The molecule has 4 rings (SSSR count). The van der Waals surface area contributed by atoms with E-state index in [-0.39, 0.29) is 4.90 Å². The van der Waals surface area contributed by atoms with Gasteiger partial charge in [0.15, 0.2) is 4.80 Å². The molecule has 4 aromatic rings. The minimum Gasteiger partial charge on any atom is -0.316 e. The summed E-state index contributed by atoms with van der Waals surface area (Å²) in [6, 6.07) is 20.3. The number of hydrogen-bond acceptors (Lipinski definition) is 4. The van der Waals surface area contributed by atoms with Gasteiger partial charge in [0.1, 0.15) is 0 Å². The van der Waals surface area contributed by atoms with Crippen molar-refractivity contribution in [1.82, 2.24) is 4.57 Å². The first-order valence-corrected chi connectivity index (χ1v) is 12.5. The number of benzene rings is 3. The first-order valence-electron chi connectivity index (χ1n) is 9.44. The third-order valence-electron chi connectivity index (χ3n) is 4.58. The van der Waals surface area contributed by atoms with Crippen LogP contribution in [0.4, 0.5) is 5.69 Å². The van der Waals surface area contributed by atoms with E-state index in [1.54, 1.807) is 36.4 Å². The van der Waals surface area contributed by atoms with Crippen LogP contribution < -0.4 is 9.52 Å². The second-order valence-electron chi connectivity index (χ2n) is 6.63. The normalized spacial score (nSPS) is 12.3. The number of sulfonamides is 1. The van der Waals surface area contributed by atoms with Gasteiger partial charge < -0.3 is 4.57 Å². The molecular weight excluding hydrogens is 498 g/mol. The molecule has 0 aliphatic rings. The van der Waals surface area contributed by atoms with Crippen molar-refractivity contribution in [2.75, 3.05) is 4.72 Å². The summed E-state index contributed by atoms with van der Waals surface area (Å²) in [5.74, 6) is -0.439. The zero-order valence-corrected chi connectivity index (χ0v) is 19.7. The molecule has 0 aliphatic heterocycles. The summed E-state index contributed by atoms with van der Waals surface area (Å²) in [7, 11) is -3.75. The van der Waals surface area contributed by atoms with Gasteiger partial charge in [0, 0.05) is 22.3 Å². The quantitative estimate of drug-likeness (QED) is 0.404. The number of amides is 1. The van der Waals surface area contributed by atoms with Crippen molar-refractivity contribution in [2.24, 2.45) is 4.99 Å². The molecule has 1 N–H and O–H groups in total. The minimum absolute atomic E-state index is 0.149. The van der Waals surface area contributed by atoms with Crippen molar-refractivity contribution in [2.45, 2.75) is 18.4 Å². The summed E-state index contributed by atoms with van der Waals surface area (Å²) >= 11 is 4.99. The van der Waals surface area contributed by atoms with E-state index in [9.17, 15) is 13.2 Å². The largest absolute Gasteiger partial charge is 0.316 e. The molecule has 0 atom stereocenters. The maximum Gasteiger partial charge on any atom is 0.279 e. The Morgan fingerprint density at radius 3 is 2.55 bits per heavy atom. The number of fused-ring (bicyclic) bond motifs is 1. The van der Waals surface area contributed by atoms with E-state index in [4.69, 9.17) is 0 Å². The molecule has 1 aromatic heterocycles. The summed E-state index contributed by atoms with van der Waals surface area (Å²) in [5, 5.41) is 0. The van der Waals surface area contributed by atoms with E-state index >= 15 is 0 Å². The average molecular weight is 516 g/mol. The minimum atomic E-state index is -3.75. The average Bonchev–Trinajstić information content (AvgIpc) is 3.12. The van der Waals surface area contributed by atoms with Crippen molar-refractivity contribution in [3.05, 3.63) is 87.6 Å². The standard InChI is InChI=1S/C22H18BrN3O3S2/c1-2-26-20-18(23)12-7-13-19(20)30-22(26)24-21(27)15-8-6-9-16(14-15)25-31(28,29)17-10-4-3-5-11-17/h3-14,25H,2H2,1H3. The number of hydrogen-bond donors (Lipinski definition) is 1. The Balaban J connectivity index is 1.68. The van der Waals surface area contributed by atoms with Gasteiger partial charge in [-0.15, -0.1) is 0 Å². The third-order valence-corrected chi connectivity index (χ3v) is 7.66. The van der Waals surface area contributed by atoms with Gasteiger partial charge in [0.05, 0.1) is 15.1 Å². The van der Waals surface area contributed by atoms with E-state index in [0.717, 1.165) is 14.7 Å². The second-order valence-corrected chi connectivity index (χ2v) is 10.2. The Kier molecular flexibility index (Phi) is 6.08. The van der Waals surface area contributed by atoms with E-state index < -0.39 is 15.9 Å². The molecule has 0 spiro atoms. The van der Waals surface area contributed by atoms with Crippen molar-refractivity contribution in [3.63, 3.8) is 0 Å². The Morgan fingerprint density at radius 1 is 1.06 bits per heavy atom.